The summed E-state index contributed by atoms with van der Waals surface area (Å²) < 4.78 is 0. The molecule has 1 amide bonds. The maximum absolute atomic E-state index is 11.9. The molecular formula is C30H52N2O2. The van der Waals surface area contributed by atoms with Crippen LogP contribution < -0.4 is 5.73 Å². The van der Waals surface area contributed by atoms with Crippen LogP contribution in [0.4, 0.5) is 4.79 Å². The molecule has 3 saturated carbocycles. The van der Waals surface area contributed by atoms with Gasteiger partial charge in [0, 0.05) is 19.1 Å². The number of carboxylic acid groups (broad SMARTS) is 1. The van der Waals surface area contributed by atoms with Gasteiger partial charge in [0.2, 0.25) is 0 Å². The zero-order valence-corrected chi connectivity index (χ0v) is 22.7. The predicted octanol–water partition coefficient (Wildman–Crippen LogP) is 7.34. The lowest BCUT2D eigenvalue weighted by atomic mass is 9.46. The largest absolute Gasteiger partial charge is 0.465 e. The number of hydrogen-bond acceptors (Lipinski definition) is 2. The second-order valence-electron chi connectivity index (χ2n) is 13.5. The Hall–Kier alpha value is -1.03. The zero-order valence-electron chi connectivity index (χ0n) is 22.7. The van der Waals surface area contributed by atoms with Crippen molar-refractivity contribution in [1.82, 2.24) is 4.90 Å². The van der Waals surface area contributed by atoms with Crippen LogP contribution in [0.5, 0.6) is 0 Å². The van der Waals surface area contributed by atoms with Crippen molar-refractivity contribution in [2.45, 2.75) is 111 Å². The van der Waals surface area contributed by atoms with Gasteiger partial charge in [-0.15, -0.1) is 0 Å². The van der Waals surface area contributed by atoms with Crippen molar-refractivity contribution in [2.75, 3.05) is 13.1 Å². The van der Waals surface area contributed by atoms with Gasteiger partial charge in [-0.05, 0) is 97.7 Å². The van der Waals surface area contributed by atoms with Crippen LogP contribution in [0.3, 0.4) is 0 Å². The van der Waals surface area contributed by atoms with Gasteiger partial charge in [0.05, 0.1) is 0 Å². The minimum atomic E-state index is -0.804. The van der Waals surface area contributed by atoms with Crippen molar-refractivity contribution in [1.29, 1.82) is 0 Å². The number of fused-ring (bicyclic) bond motifs is 5. The van der Waals surface area contributed by atoms with Crippen LogP contribution in [0, 0.1) is 46.3 Å². The first-order valence-electron chi connectivity index (χ1n) is 14.5. The van der Waals surface area contributed by atoms with Gasteiger partial charge < -0.3 is 15.7 Å². The predicted molar refractivity (Wildman–Crippen MR) is 141 cm³/mol. The topological polar surface area (TPSA) is 66.6 Å². The fraction of sp³-hybridized carbons (Fsp3) is 0.900. The van der Waals surface area contributed by atoms with Crippen molar-refractivity contribution in [3.05, 3.63) is 11.6 Å². The third-order valence-electron chi connectivity index (χ3n) is 11.3. The highest BCUT2D eigenvalue weighted by atomic mass is 16.4. The lowest BCUT2D eigenvalue weighted by Gasteiger charge is -2.59. The van der Waals surface area contributed by atoms with Gasteiger partial charge in [-0.3, -0.25) is 0 Å². The van der Waals surface area contributed by atoms with Gasteiger partial charge >= 0.3 is 6.09 Å². The number of allylic oxidation sites excluding steroid dienone is 1. The Morgan fingerprint density at radius 2 is 1.88 bits per heavy atom. The van der Waals surface area contributed by atoms with Crippen molar-refractivity contribution < 1.29 is 9.90 Å². The molecule has 0 aliphatic heterocycles. The van der Waals surface area contributed by atoms with Crippen LogP contribution in [0.2, 0.25) is 0 Å². The quantitative estimate of drug-likeness (QED) is 0.363. The third-order valence-corrected chi connectivity index (χ3v) is 11.3. The molecule has 34 heavy (non-hydrogen) atoms. The molecule has 4 rings (SSSR count). The normalized spacial score (nSPS) is 40.2. The minimum absolute atomic E-state index is 0.105. The molecule has 0 bridgehead atoms. The molecule has 0 aromatic heterocycles. The van der Waals surface area contributed by atoms with Crippen LogP contribution in [0.25, 0.3) is 0 Å². The highest BCUT2D eigenvalue weighted by Gasteiger charge is 2.59. The van der Waals surface area contributed by atoms with Gasteiger partial charge in [0.25, 0.3) is 0 Å². The van der Waals surface area contributed by atoms with E-state index in [0.717, 1.165) is 54.8 Å². The van der Waals surface area contributed by atoms with E-state index in [0.29, 0.717) is 18.5 Å². The van der Waals surface area contributed by atoms with Crippen LogP contribution in [0.15, 0.2) is 11.6 Å². The molecule has 194 valence electrons. The lowest BCUT2D eigenvalue weighted by molar-refractivity contribution is -0.0540. The summed E-state index contributed by atoms with van der Waals surface area (Å²) in [6.07, 6.45) is 15.9. The summed E-state index contributed by atoms with van der Waals surface area (Å²) in [7, 11) is 0. The Morgan fingerprint density at radius 1 is 1.12 bits per heavy atom. The first-order chi connectivity index (χ1) is 16.1. The van der Waals surface area contributed by atoms with E-state index in [2.05, 4.69) is 40.7 Å². The third kappa shape index (κ3) is 4.58. The van der Waals surface area contributed by atoms with Gasteiger partial charge in [0.15, 0.2) is 0 Å². The number of carbonyl (C=O) groups is 1. The van der Waals surface area contributed by atoms with E-state index in [1.165, 1.54) is 51.4 Å². The van der Waals surface area contributed by atoms with Crippen molar-refractivity contribution in [2.24, 2.45) is 52.1 Å². The molecule has 0 radical (unpaired) electrons. The molecule has 4 unspecified atom stereocenters. The van der Waals surface area contributed by atoms with Gasteiger partial charge in [0.1, 0.15) is 0 Å². The smallest absolute Gasteiger partial charge is 0.407 e. The zero-order chi connectivity index (χ0) is 24.7. The summed E-state index contributed by atoms with van der Waals surface area (Å²) in [5, 5.41) is 9.74. The lowest BCUT2D eigenvalue weighted by Crippen LogP contribution is -2.53. The molecule has 4 nitrogen and oxygen atoms in total. The molecule has 8 atom stereocenters. The van der Waals surface area contributed by atoms with E-state index < -0.39 is 6.09 Å². The van der Waals surface area contributed by atoms with Crippen LogP contribution >= 0.6 is 0 Å². The van der Waals surface area contributed by atoms with E-state index in [-0.39, 0.29) is 11.5 Å². The SMILES string of the molecule is CC(C)CCC[C@@H](C)[C@H]1CCC2C3CC=C4CC(N(CCN)C(=O)O)CC[C@]4(C)C3CC[C@@]21C. The summed E-state index contributed by atoms with van der Waals surface area (Å²) in [6, 6.07) is 0.105. The summed E-state index contributed by atoms with van der Waals surface area (Å²) in [4.78, 5) is 13.5. The van der Waals surface area contributed by atoms with E-state index in [9.17, 15) is 9.90 Å². The molecule has 0 saturated heterocycles. The highest BCUT2D eigenvalue weighted by Crippen LogP contribution is 2.67. The second kappa shape index (κ2) is 10.1. The maximum atomic E-state index is 11.9. The molecule has 4 aliphatic rings. The van der Waals surface area contributed by atoms with Gasteiger partial charge in [-0.1, -0.05) is 65.5 Å². The fourth-order valence-corrected chi connectivity index (χ4v) is 9.51. The Kier molecular flexibility index (Phi) is 7.77. The number of amides is 1. The Labute approximate surface area is 209 Å². The summed E-state index contributed by atoms with van der Waals surface area (Å²) in [5.74, 6) is 5.08. The molecule has 0 aromatic carbocycles. The molecule has 3 N–H and O–H groups in total. The molecule has 0 spiro atoms. The molecule has 0 heterocycles. The van der Waals surface area contributed by atoms with E-state index in [4.69, 9.17) is 5.73 Å². The van der Waals surface area contributed by atoms with Gasteiger partial charge in [-0.25, -0.2) is 4.79 Å². The Morgan fingerprint density at radius 3 is 2.56 bits per heavy atom. The van der Waals surface area contributed by atoms with Crippen molar-refractivity contribution in [3.63, 3.8) is 0 Å². The van der Waals surface area contributed by atoms with Crippen LogP contribution in [-0.4, -0.2) is 35.2 Å². The second-order valence-corrected chi connectivity index (χ2v) is 13.5. The van der Waals surface area contributed by atoms with Crippen molar-refractivity contribution >= 4 is 6.09 Å². The fourth-order valence-electron chi connectivity index (χ4n) is 9.51. The number of hydrogen-bond donors (Lipinski definition) is 2. The highest BCUT2D eigenvalue weighted by molar-refractivity contribution is 5.65. The molecule has 4 heteroatoms. The standard InChI is InChI=1S/C30H52N2O2/c1-20(2)7-6-8-21(3)25-11-12-26-24-10-9-22-19-23(32(18-17-31)28(33)34)13-15-29(22,4)27(24)14-16-30(25,26)5/h9,20-21,23-27H,6-8,10-19,31H2,1-5H3,(H,33,34)/t21-,23?,24?,25-,26?,27?,29+,30-/m1/s1. The van der Waals surface area contributed by atoms with E-state index in [1.807, 2.05) is 0 Å². The van der Waals surface area contributed by atoms with E-state index >= 15 is 0 Å². The first-order valence-corrected chi connectivity index (χ1v) is 14.5. The number of rotatable bonds is 8. The molecule has 0 aromatic rings. The van der Waals surface area contributed by atoms with Crippen molar-refractivity contribution in [3.8, 4) is 0 Å². The van der Waals surface area contributed by atoms with Gasteiger partial charge in [-0.2, -0.15) is 0 Å². The Bertz CT molecular complexity index is 763. The summed E-state index contributed by atoms with van der Waals surface area (Å²) >= 11 is 0. The molecule has 3 fully saturated rings. The summed E-state index contributed by atoms with van der Waals surface area (Å²) in [6.45, 7) is 13.3. The molecular weight excluding hydrogens is 420 g/mol. The average Bonchev–Trinajstić information content (AvgIpc) is 3.14. The molecule has 4 aliphatic carbocycles. The van der Waals surface area contributed by atoms with Crippen LogP contribution in [-0.2, 0) is 0 Å². The summed E-state index contributed by atoms with van der Waals surface area (Å²) in [5.41, 5.74) is 8.10. The van der Waals surface area contributed by atoms with E-state index in [1.54, 1.807) is 10.5 Å². The number of nitrogens with zero attached hydrogens (tertiary/aromatic N) is 1. The average molecular weight is 473 g/mol. The van der Waals surface area contributed by atoms with Crippen LogP contribution in [0.1, 0.15) is 105 Å². The minimum Gasteiger partial charge on any atom is -0.465 e. The number of nitrogens with two attached hydrogens (primary N) is 1. The maximum Gasteiger partial charge on any atom is 0.407 e. The first kappa shape index (κ1) is 26.0. The monoisotopic (exact) mass is 472 g/mol. The Balaban J connectivity index is 1.47.